The minimum atomic E-state index is -4.06. The molecule has 1 unspecified atom stereocenters. The number of rotatable bonds is 10. The van der Waals surface area contributed by atoms with Crippen LogP contribution in [-0.4, -0.2) is 11.6 Å². The summed E-state index contributed by atoms with van der Waals surface area (Å²) in [6.45, 7) is 2.18. The summed E-state index contributed by atoms with van der Waals surface area (Å²) in [6, 6.07) is 0. The fourth-order valence-electron chi connectivity index (χ4n) is 1.79. The zero-order valence-electron chi connectivity index (χ0n) is 10.7. The number of hydrogen-bond donors (Lipinski definition) is 0. The summed E-state index contributed by atoms with van der Waals surface area (Å²) in [4.78, 5) is 0. The second-order valence-electron chi connectivity index (χ2n) is 4.66. The Kier molecular flexibility index (Phi) is 10.1. The van der Waals surface area contributed by atoms with Crippen LogP contribution in [0, 0.1) is 0 Å². The number of unbranched alkanes of at least 4 members (excludes halogenated alkanes) is 6. The van der Waals surface area contributed by atoms with Crippen molar-refractivity contribution < 1.29 is 13.2 Å². The van der Waals surface area contributed by atoms with Crippen molar-refractivity contribution in [1.82, 2.24) is 0 Å². The van der Waals surface area contributed by atoms with Gasteiger partial charge in [0.25, 0.3) is 0 Å². The molecule has 0 saturated heterocycles. The zero-order valence-corrected chi connectivity index (χ0v) is 11.4. The zero-order chi connectivity index (χ0) is 13.1. The Morgan fingerprint density at radius 1 is 0.882 bits per heavy atom. The third kappa shape index (κ3) is 14.0. The van der Waals surface area contributed by atoms with Gasteiger partial charge in [-0.05, 0) is 12.8 Å². The maximum absolute atomic E-state index is 11.9. The van der Waals surface area contributed by atoms with Crippen molar-refractivity contribution in [2.45, 2.75) is 82.7 Å². The molecule has 104 valence electrons. The van der Waals surface area contributed by atoms with E-state index in [4.69, 9.17) is 11.6 Å². The van der Waals surface area contributed by atoms with Gasteiger partial charge in [0.2, 0.25) is 0 Å². The van der Waals surface area contributed by atoms with Crippen LogP contribution in [0.25, 0.3) is 0 Å². The lowest BCUT2D eigenvalue weighted by Crippen LogP contribution is -2.10. The Morgan fingerprint density at radius 3 is 1.94 bits per heavy atom. The third-order valence-electron chi connectivity index (χ3n) is 2.86. The molecule has 0 aliphatic heterocycles. The van der Waals surface area contributed by atoms with Gasteiger partial charge >= 0.3 is 6.18 Å². The first kappa shape index (κ1) is 17.1. The van der Waals surface area contributed by atoms with Crippen molar-refractivity contribution in [3.05, 3.63) is 0 Å². The molecule has 0 radical (unpaired) electrons. The van der Waals surface area contributed by atoms with E-state index in [1.807, 2.05) is 0 Å². The van der Waals surface area contributed by atoms with Crippen LogP contribution in [0.4, 0.5) is 13.2 Å². The highest BCUT2D eigenvalue weighted by Crippen LogP contribution is 2.25. The van der Waals surface area contributed by atoms with Crippen LogP contribution in [0.3, 0.4) is 0 Å². The molecule has 0 heterocycles. The first-order chi connectivity index (χ1) is 7.95. The molecule has 0 aliphatic rings. The van der Waals surface area contributed by atoms with Crippen LogP contribution in [0.15, 0.2) is 0 Å². The van der Waals surface area contributed by atoms with Crippen molar-refractivity contribution in [1.29, 1.82) is 0 Å². The van der Waals surface area contributed by atoms with E-state index in [2.05, 4.69) is 6.92 Å². The predicted octanol–water partition coefficient (Wildman–Crippen LogP) is 6.08. The monoisotopic (exact) mass is 272 g/mol. The molecule has 17 heavy (non-hydrogen) atoms. The number of halogens is 4. The molecule has 0 amide bonds. The molecular formula is C13H24ClF3. The minimum Gasteiger partial charge on any atom is -0.171 e. The lowest BCUT2D eigenvalue weighted by atomic mass is 10.1. The van der Waals surface area contributed by atoms with Gasteiger partial charge in [0, 0.05) is 11.8 Å². The van der Waals surface area contributed by atoms with Gasteiger partial charge in [-0.2, -0.15) is 13.2 Å². The summed E-state index contributed by atoms with van der Waals surface area (Å²) < 4.78 is 35.8. The molecule has 0 fully saturated rings. The molecule has 0 saturated carbocycles. The topological polar surface area (TPSA) is 0 Å². The van der Waals surface area contributed by atoms with Gasteiger partial charge in [-0.1, -0.05) is 51.9 Å². The van der Waals surface area contributed by atoms with E-state index in [-0.39, 0.29) is 11.8 Å². The Hall–Kier alpha value is 0.0800. The molecule has 0 rings (SSSR count). The molecule has 0 nitrogen and oxygen atoms in total. The summed E-state index contributed by atoms with van der Waals surface area (Å²) in [5.41, 5.74) is 0. The van der Waals surface area contributed by atoms with Crippen molar-refractivity contribution in [3.8, 4) is 0 Å². The number of alkyl halides is 4. The van der Waals surface area contributed by atoms with E-state index in [1.165, 1.54) is 32.1 Å². The van der Waals surface area contributed by atoms with Crippen molar-refractivity contribution in [3.63, 3.8) is 0 Å². The van der Waals surface area contributed by atoms with Crippen LogP contribution in [-0.2, 0) is 0 Å². The predicted molar refractivity (Wildman–Crippen MR) is 67.5 cm³/mol. The Labute approximate surface area is 108 Å². The summed E-state index contributed by atoms with van der Waals surface area (Å²) in [5.74, 6) is 0. The smallest absolute Gasteiger partial charge is 0.171 e. The van der Waals surface area contributed by atoms with Gasteiger partial charge < -0.3 is 0 Å². The minimum absolute atomic E-state index is 0.0564. The van der Waals surface area contributed by atoms with Crippen LogP contribution in [0.1, 0.15) is 71.1 Å². The molecule has 0 aromatic carbocycles. The van der Waals surface area contributed by atoms with Gasteiger partial charge in [0.15, 0.2) is 0 Å². The van der Waals surface area contributed by atoms with E-state index < -0.39 is 12.6 Å². The molecule has 0 spiro atoms. The van der Waals surface area contributed by atoms with Crippen LogP contribution in [0.5, 0.6) is 0 Å². The lowest BCUT2D eigenvalue weighted by Gasteiger charge is -2.11. The van der Waals surface area contributed by atoms with Gasteiger partial charge in [0.1, 0.15) is 0 Å². The second kappa shape index (κ2) is 10.0. The molecule has 0 aromatic rings. The normalized spacial score (nSPS) is 13.9. The Bertz CT molecular complexity index is 169. The third-order valence-corrected chi connectivity index (χ3v) is 3.30. The fourth-order valence-corrected chi connectivity index (χ4v) is 2.05. The molecular weight excluding hydrogens is 249 g/mol. The largest absolute Gasteiger partial charge is 0.389 e. The van der Waals surface area contributed by atoms with Gasteiger partial charge in [-0.15, -0.1) is 11.6 Å². The van der Waals surface area contributed by atoms with E-state index in [1.54, 1.807) is 0 Å². The standard InChI is InChI=1S/C13H24ClF3/c1-2-3-4-5-6-7-8-9-12(14)10-11-13(15,16)17/h12H,2-11H2,1H3. The first-order valence-corrected chi connectivity index (χ1v) is 7.10. The highest BCUT2D eigenvalue weighted by atomic mass is 35.5. The second-order valence-corrected chi connectivity index (χ2v) is 5.28. The number of hydrogen-bond acceptors (Lipinski definition) is 0. The highest BCUT2D eigenvalue weighted by Gasteiger charge is 2.27. The van der Waals surface area contributed by atoms with Crippen LogP contribution in [0.2, 0.25) is 0 Å². The van der Waals surface area contributed by atoms with E-state index in [0.29, 0.717) is 6.42 Å². The van der Waals surface area contributed by atoms with Gasteiger partial charge in [-0.25, -0.2) is 0 Å². The first-order valence-electron chi connectivity index (χ1n) is 6.66. The summed E-state index contributed by atoms with van der Waals surface area (Å²) in [5, 5.41) is -0.313. The Balaban J connectivity index is 3.25. The molecule has 0 bridgehead atoms. The van der Waals surface area contributed by atoms with Crippen molar-refractivity contribution in [2.75, 3.05) is 0 Å². The van der Waals surface area contributed by atoms with Crippen molar-refractivity contribution in [2.24, 2.45) is 0 Å². The average molecular weight is 273 g/mol. The average Bonchev–Trinajstić information content (AvgIpc) is 2.24. The quantitative estimate of drug-likeness (QED) is 0.334. The Morgan fingerprint density at radius 2 is 1.41 bits per heavy atom. The molecule has 4 heteroatoms. The highest BCUT2D eigenvalue weighted by molar-refractivity contribution is 6.20. The van der Waals surface area contributed by atoms with Crippen LogP contribution < -0.4 is 0 Å². The maximum Gasteiger partial charge on any atom is 0.389 e. The van der Waals surface area contributed by atoms with E-state index in [9.17, 15) is 13.2 Å². The lowest BCUT2D eigenvalue weighted by molar-refractivity contribution is -0.135. The molecule has 1 atom stereocenters. The van der Waals surface area contributed by atoms with Crippen LogP contribution >= 0.6 is 11.6 Å². The maximum atomic E-state index is 11.9. The summed E-state index contributed by atoms with van der Waals surface area (Å²) in [6.07, 6.45) is 4.22. The SMILES string of the molecule is CCCCCCCCCC(Cl)CCC(F)(F)F. The summed E-state index contributed by atoms with van der Waals surface area (Å²) in [7, 11) is 0. The van der Waals surface area contributed by atoms with Crippen molar-refractivity contribution >= 4 is 11.6 Å². The van der Waals surface area contributed by atoms with Gasteiger partial charge in [0.05, 0.1) is 0 Å². The molecule has 0 aromatic heterocycles. The van der Waals surface area contributed by atoms with Gasteiger partial charge in [-0.3, -0.25) is 0 Å². The van der Waals surface area contributed by atoms with E-state index >= 15 is 0 Å². The molecule has 0 aliphatic carbocycles. The van der Waals surface area contributed by atoms with E-state index in [0.717, 1.165) is 12.8 Å². The molecule has 0 N–H and O–H groups in total. The fraction of sp³-hybridized carbons (Fsp3) is 1.00. The summed E-state index contributed by atoms with van der Waals surface area (Å²) >= 11 is 5.85.